The molecule has 3 unspecified atom stereocenters. The second-order valence-electron chi connectivity index (χ2n) is 5.28. The maximum absolute atomic E-state index is 5.72. The fourth-order valence-corrected chi connectivity index (χ4v) is 2.77. The van der Waals surface area contributed by atoms with Gasteiger partial charge in [-0.3, -0.25) is 11.3 Å². The normalized spacial score (nSPS) is 25.3. The van der Waals surface area contributed by atoms with E-state index < -0.39 is 0 Å². The van der Waals surface area contributed by atoms with Crippen molar-refractivity contribution in [2.45, 2.75) is 45.3 Å². The van der Waals surface area contributed by atoms with Gasteiger partial charge in [-0.25, -0.2) is 0 Å². The van der Waals surface area contributed by atoms with Crippen LogP contribution in [0.4, 0.5) is 0 Å². The molecule has 0 saturated carbocycles. The van der Waals surface area contributed by atoms with E-state index in [1.807, 2.05) is 0 Å². The molecule has 0 amide bonds. The summed E-state index contributed by atoms with van der Waals surface area (Å²) in [4.78, 5) is 0. The van der Waals surface area contributed by atoms with E-state index in [2.05, 4.69) is 43.5 Å². The van der Waals surface area contributed by atoms with E-state index in [0.29, 0.717) is 12.0 Å². The average molecular weight is 248 g/mol. The van der Waals surface area contributed by atoms with E-state index >= 15 is 0 Å². The third-order valence-electron chi connectivity index (χ3n) is 3.76. The Labute approximate surface area is 110 Å². The number of ether oxygens (including phenoxy) is 1. The van der Waals surface area contributed by atoms with Gasteiger partial charge in [-0.1, -0.05) is 37.6 Å². The van der Waals surface area contributed by atoms with Crippen molar-refractivity contribution >= 4 is 0 Å². The molecule has 0 radical (unpaired) electrons. The molecule has 3 heteroatoms. The van der Waals surface area contributed by atoms with Crippen LogP contribution in [0.3, 0.4) is 0 Å². The minimum Gasteiger partial charge on any atom is -0.378 e. The largest absolute Gasteiger partial charge is 0.378 e. The van der Waals surface area contributed by atoms with Crippen molar-refractivity contribution < 1.29 is 4.74 Å². The third kappa shape index (κ3) is 3.10. The van der Waals surface area contributed by atoms with E-state index in [0.717, 1.165) is 19.4 Å². The Balaban J connectivity index is 2.07. The van der Waals surface area contributed by atoms with Crippen molar-refractivity contribution in [3.05, 3.63) is 35.4 Å². The predicted molar refractivity (Wildman–Crippen MR) is 74.0 cm³/mol. The van der Waals surface area contributed by atoms with Crippen molar-refractivity contribution in [1.29, 1.82) is 0 Å². The Morgan fingerprint density at radius 3 is 2.61 bits per heavy atom. The SMILES string of the molecule is CCCc1ccc(C(NN)C2COC(C)C2)cc1. The summed E-state index contributed by atoms with van der Waals surface area (Å²) in [6.07, 6.45) is 3.76. The van der Waals surface area contributed by atoms with Crippen molar-refractivity contribution in [3.8, 4) is 0 Å². The molecule has 18 heavy (non-hydrogen) atoms. The van der Waals surface area contributed by atoms with Gasteiger partial charge in [0.1, 0.15) is 0 Å². The molecule has 1 aliphatic rings. The first-order chi connectivity index (χ1) is 8.74. The summed E-state index contributed by atoms with van der Waals surface area (Å²) in [6, 6.07) is 9.01. The molecule has 0 spiro atoms. The van der Waals surface area contributed by atoms with Crippen LogP contribution < -0.4 is 11.3 Å². The quantitative estimate of drug-likeness (QED) is 0.622. The smallest absolute Gasteiger partial charge is 0.0551 e. The van der Waals surface area contributed by atoms with E-state index in [4.69, 9.17) is 10.6 Å². The minimum atomic E-state index is 0.200. The van der Waals surface area contributed by atoms with Gasteiger partial charge in [-0.15, -0.1) is 0 Å². The number of nitrogens with one attached hydrogen (secondary N) is 1. The molecule has 100 valence electrons. The maximum Gasteiger partial charge on any atom is 0.0551 e. The molecule has 1 aromatic carbocycles. The Morgan fingerprint density at radius 1 is 1.39 bits per heavy atom. The van der Waals surface area contributed by atoms with Crippen molar-refractivity contribution in [2.75, 3.05) is 6.61 Å². The van der Waals surface area contributed by atoms with Gasteiger partial charge in [0.25, 0.3) is 0 Å². The molecule has 0 aliphatic carbocycles. The zero-order valence-corrected chi connectivity index (χ0v) is 11.4. The van der Waals surface area contributed by atoms with Gasteiger partial charge >= 0.3 is 0 Å². The average Bonchev–Trinajstić information content (AvgIpc) is 2.79. The monoisotopic (exact) mass is 248 g/mol. The predicted octanol–water partition coefficient (Wildman–Crippen LogP) is 2.57. The van der Waals surface area contributed by atoms with Crippen LogP contribution in [0.15, 0.2) is 24.3 Å². The van der Waals surface area contributed by atoms with Gasteiger partial charge in [-0.05, 0) is 30.9 Å². The van der Waals surface area contributed by atoms with Crippen molar-refractivity contribution in [2.24, 2.45) is 11.8 Å². The molecule has 1 aromatic rings. The van der Waals surface area contributed by atoms with Crippen LogP contribution in [-0.2, 0) is 11.2 Å². The fraction of sp³-hybridized carbons (Fsp3) is 0.600. The number of hydrazine groups is 1. The summed E-state index contributed by atoms with van der Waals surface area (Å²) >= 11 is 0. The lowest BCUT2D eigenvalue weighted by Gasteiger charge is -2.22. The molecular weight excluding hydrogens is 224 g/mol. The second-order valence-corrected chi connectivity index (χ2v) is 5.28. The lowest BCUT2D eigenvalue weighted by Crippen LogP contribution is -2.34. The number of aryl methyl sites for hydroxylation is 1. The minimum absolute atomic E-state index is 0.200. The Hall–Kier alpha value is -0.900. The van der Waals surface area contributed by atoms with Crippen LogP contribution >= 0.6 is 0 Å². The molecule has 1 heterocycles. The summed E-state index contributed by atoms with van der Waals surface area (Å²) in [5.74, 6) is 6.20. The molecule has 3 nitrogen and oxygen atoms in total. The molecule has 1 saturated heterocycles. The third-order valence-corrected chi connectivity index (χ3v) is 3.76. The molecule has 1 aliphatic heterocycles. The number of hydrogen-bond donors (Lipinski definition) is 2. The highest BCUT2D eigenvalue weighted by atomic mass is 16.5. The summed E-state index contributed by atoms with van der Waals surface area (Å²) < 4.78 is 5.64. The fourth-order valence-electron chi connectivity index (χ4n) is 2.77. The topological polar surface area (TPSA) is 47.3 Å². The van der Waals surface area contributed by atoms with Crippen LogP contribution in [0.1, 0.15) is 43.9 Å². The Morgan fingerprint density at radius 2 is 2.11 bits per heavy atom. The van der Waals surface area contributed by atoms with Crippen molar-refractivity contribution in [3.63, 3.8) is 0 Å². The maximum atomic E-state index is 5.72. The Kier molecular flexibility index (Phi) is 4.75. The summed E-state index contributed by atoms with van der Waals surface area (Å²) in [5, 5.41) is 0. The van der Waals surface area contributed by atoms with Crippen LogP contribution in [-0.4, -0.2) is 12.7 Å². The molecule has 3 atom stereocenters. The van der Waals surface area contributed by atoms with Gasteiger partial charge in [0, 0.05) is 5.92 Å². The van der Waals surface area contributed by atoms with Gasteiger partial charge in [0.05, 0.1) is 18.8 Å². The van der Waals surface area contributed by atoms with E-state index in [-0.39, 0.29) is 6.04 Å². The van der Waals surface area contributed by atoms with Crippen molar-refractivity contribution in [1.82, 2.24) is 5.43 Å². The lowest BCUT2D eigenvalue weighted by molar-refractivity contribution is 0.117. The van der Waals surface area contributed by atoms with E-state index in [1.165, 1.54) is 17.5 Å². The first-order valence-corrected chi connectivity index (χ1v) is 6.91. The van der Waals surface area contributed by atoms with Crippen LogP contribution in [0.5, 0.6) is 0 Å². The number of hydrogen-bond acceptors (Lipinski definition) is 3. The van der Waals surface area contributed by atoms with E-state index in [9.17, 15) is 0 Å². The second kappa shape index (κ2) is 6.32. The summed E-state index contributed by atoms with van der Waals surface area (Å²) in [5.41, 5.74) is 5.61. The molecule has 0 aromatic heterocycles. The lowest BCUT2D eigenvalue weighted by atomic mass is 9.91. The highest BCUT2D eigenvalue weighted by Crippen LogP contribution is 2.31. The van der Waals surface area contributed by atoms with Gasteiger partial charge < -0.3 is 4.74 Å². The van der Waals surface area contributed by atoms with Gasteiger partial charge in [0.15, 0.2) is 0 Å². The highest BCUT2D eigenvalue weighted by molar-refractivity contribution is 5.25. The van der Waals surface area contributed by atoms with E-state index in [1.54, 1.807) is 0 Å². The van der Waals surface area contributed by atoms with Crippen LogP contribution in [0.2, 0.25) is 0 Å². The molecular formula is C15H24N2O. The zero-order chi connectivity index (χ0) is 13.0. The summed E-state index contributed by atoms with van der Waals surface area (Å²) in [6.45, 7) is 5.13. The first-order valence-electron chi connectivity index (χ1n) is 6.91. The zero-order valence-electron chi connectivity index (χ0n) is 11.4. The molecule has 2 rings (SSSR count). The van der Waals surface area contributed by atoms with Gasteiger partial charge in [-0.2, -0.15) is 0 Å². The number of rotatable bonds is 5. The summed E-state index contributed by atoms with van der Waals surface area (Å²) in [7, 11) is 0. The Bertz CT molecular complexity index is 363. The molecule has 0 bridgehead atoms. The number of nitrogens with two attached hydrogens (primary N) is 1. The number of benzene rings is 1. The van der Waals surface area contributed by atoms with Crippen LogP contribution in [0, 0.1) is 5.92 Å². The standard InChI is InChI=1S/C15H24N2O/c1-3-4-12-5-7-13(8-6-12)15(17-16)14-9-11(2)18-10-14/h5-8,11,14-15,17H,3-4,9-10,16H2,1-2H3. The molecule has 3 N–H and O–H groups in total. The van der Waals surface area contributed by atoms with Crippen LogP contribution in [0.25, 0.3) is 0 Å². The highest BCUT2D eigenvalue weighted by Gasteiger charge is 2.29. The molecule has 1 fully saturated rings. The van der Waals surface area contributed by atoms with Gasteiger partial charge in [0.2, 0.25) is 0 Å². The first kappa shape index (κ1) is 13.5.